The molecule has 1 fully saturated rings. The molecule has 20 heavy (non-hydrogen) atoms. The highest BCUT2D eigenvalue weighted by atomic mass is 16.5. The Labute approximate surface area is 122 Å². The summed E-state index contributed by atoms with van der Waals surface area (Å²) in [6.45, 7) is 13.1. The van der Waals surface area contributed by atoms with E-state index in [2.05, 4.69) is 21.8 Å². The summed E-state index contributed by atoms with van der Waals surface area (Å²) in [7, 11) is 0. The monoisotopic (exact) mass is 284 g/mol. The molecule has 0 aliphatic carbocycles. The summed E-state index contributed by atoms with van der Waals surface area (Å²) in [5.41, 5.74) is 6.79. The lowest BCUT2D eigenvalue weighted by Crippen LogP contribution is -2.37. The minimum Gasteiger partial charge on any atom is -0.379 e. The quantitative estimate of drug-likeness (QED) is 0.274. The Balaban J connectivity index is 1.96. The molecule has 116 valence electrons. The molecule has 1 aliphatic heterocycles. The Kier molecular flexibility index (Phi) is 9.02. The van der Waals surface area contributed by atoms with Gasteiger partial charge in [-0.1, -0.05) is 12.2 Å². The number of hydrogen-bond donors (Lipinski definition) is 2. The number of ether oxygens (including phenoxy) is 2. The molecular weight excluding hydrogens is 256 g/mol. The minimum absolute atomic E-state index is 0.492. The molecule has 0 bridgehead atoms. The second-order valence-corrected chi connectivity index (χ2v) is 5.01. The second kappa shape index (κ2) is 10.7. The van der Waals surface area contributed by atoms with E-state index in [4.69, 9.17) is 15.2 Å². The molecule has 1 aliphatic rings. The fraction of sp³-hybridized carbons (Fsp3) is 0.786. The minimum atomic E-state index is 0.492. The van der Waals surface area contributed by atoms with Gasteiger partial charge in [0.05, 0.1) is 26.4 Å². The van der Waals surface area contributed by atoms with Crippen molar-refractivity contribution in [3.8, 4) is 0 Å². The predicted molar refractivity (Wildman–Crippen MR) is 82.0 cm³/mol. The van der Waals surface area contributed by atoms with Crippen LogP contribution in [0.3, 0.4) is 0 Å². The fourth-order valence-corrected chi connectivity index (χ4v) is 1.87. The first-order valence-corrected chi connectivity index (χ1v) is 7.24. The van der Waals surface area contributed by atoms with Crippen molar-refractivity contribution in [1.29, 1.82) is 0 Å². The van der Waals surface area contributed by atoms with Crippen molar-refractivity contribution in [3.05, 3.63) is 12.2 Å². The van der Waals surface area contributed by atoms with E-state index < -0.39 is 0 Å². The average molecular weight is 284 g/mol. The van der Waals surface area contributed by atoms with Gasteiger partial charge in [0.15, 0.2) is 5.96 Å². The molecule has 0 radical (unpaired) electrons. The number of nitrogens with one attached hydrogen (secondary N) is 1. The van der Waals surface area contributed by atoms with Crippen LogP contribution in [0, 0.1) is 0 Å². The highest BCUT2D eigenvalue weighted by Crippen LogP contribution is 1.97. The van der Waals surface area contributed by atoms with Crippen LogP contribution < -0.4 is 11.1 Å². The van der Waals surface area contributed by atoms with Crippen molar-refractivity contribution in [2.45, 2.75) is 13.3 Å². The lowest BCUT2D eigenvalue weighted by molar-refractivity contribution is 0.0377. The molecule has 0 aromatic heterocycles. The molecule has 1 heterocycles. The molecule has 6 heteroatoms. The molecule has 0 saturated carbocycles. The first-order chi connectivity index (χ1) is 9.68. The van der Waals surface area contributed by atoms with Crippen molar-refractivity contribution >= 4 is 5.96 Å². The number of nitrogens with zero attached hydrogens (tertiary/aromatic N) is 2. The van der Waals surface area contributed by atoms with E-state index >= 15 is 0 Å². The topological polar surface area (TPSA) is 72.1 Å². The van der Waals surface area contributed by atoms with Gasteiger partial charge in [-0.15, -0.1) is 0 Å². The molecule has 0 spiro atoms. The number of hydrogen-bond acceptors (Lipinski definition) is 4. The van der Waals surface area contributed by atoms with Crippen molar-refractivity contribution < 1.29 is 9.47 Å². The van der Waals surface area contributed by atoms with Crippen LogP contribution in [0.25, 0.3) is 0 Å². The van der Waals surface area contributed by atoms with E-state index in [0.29, 0.717) is 25.7 Å². The number of morpholine rings is 1. The third-order valence-electron chi connectivity index (χ3n) is 2.92. The summed E-state index contributed by atoms with van der Waals surface area (Å²) in [6, 6.07) is 0. The fourth-order valence-electron chi connectivity index (χ4n) is 1.87. The standard InChI is InChI=1S/C14H28N4O2/c1-13(2)12-20-9-5-17-14(15)16-4-3-6-18-7-10-19-11-8-18/h1,3-12H2,2H3,(H3,15,16,17). The molecule has 0 unspecified atom stereocenters. The summed E-state index contributed by atoms with van der Waals surface area (Å²) < 4.78 is 10.7. The van der Waals surface area contributed by atoms with E-state index in [-0.39, 0.29) is 0 Å². The Morgan fingerprint density at radius 2 is 2.20 bits per heavy atom. The van der Waals surface area contributed by atoms with Crippen molar-refractivity contribution in [2.75, 3.05) is 59.2 Å². The first-order valence-electron chi connectivity index (χ1n) is 7.24. The largest absolute Gasteiger partial charge is 0.379 e. The Morgan fingerprint density at radius 3 is 2.90 bits per heavy atom. The maximum atomic E-state index is 5.77. The maximum Gasteiger partial charge on any atom is 0.188 e. The summed E-state index contributed by atoms with van der Waals surface area (Å²) in [5, 5.41) is 3.03. The van der Waals surface area contributed by atoms with Gasteiger partial charge >= 0.3 is 0 Å². The summed E-state index contributed by atoms with van der Waals surface area (Å²) in [4.78, 5) is 6.69. The zero-order chi connectivity index (χ0) is 14.6. The van der Waals surface area contributed by atoms with Crippen LogP contribution >= 0.6 is 0 Å². The molecule has 0 aromatic rings. The van der Waals surface area contributed by atoms with Crippen LogP contribution in [0.5, 0.6) is 0 Å². The first kappa shape index (κ1) is 16.9. The van der Waals surface area contributed by atoms with Crippen molar-refractivity contribution in [2.24, 2.45) is 10.7 Å². The number of guanidine groups is 1. The average Bonchev–Trinajstić information content (AvgIpc) is 2.44. The summed E-state index contributed by atoms with van der Waals surface area (Å²) in [5.74, 6) is 0.492. The Bertz CT molecular complexity index is 302. The lowest BCUT2D eigenvalue weighted by Gasteiger charge is -2.26. The molecule has 0 atom stereocenters. The van der Waals surface area contributed by atoms with Crippen molar-refractivity contribution in [1.82, 2.24) is 10.2 Å². The lowest BCUT2D eigenvalue weighted by atomic mass is 10.3. The van der Waals surface area contributed by atoms with E-state index in [9.17, 15) is 0 Å². The third kappa shape index (κ3) is 8.90. The van der Waals surface area contributed by atoms with Crippen LogP contribution in [0.1, 0.15) is 13.3 Å². The van der Waals surface area contributed by atoms with Crippen LogP contribution in [0.2, 0.25) is 0 Å². The smallest absolute Gasteiger partial charge is 0.188 e. The third-order valence-corrected chi connectivity index (χ3v) is 2.92. The number of aliphatic imine (C=N–C) groups is 1. The second-order valence-electron chi connectivity index (χ2n) is 5.01. The molecule has 1 rings (SSSR count). The maximum absolute atomic E-state index is 5.77. The highest BCUT2D eigenvalue weighted by molar-refractivity contribution is 5.77. The molecular formula is C14H28N4O2. The van der Waals surface area contributed by atoms with E-state index in [1.54, 1.807) is 0 Å². The Hall–Kier alpha value is -1.11. The number of rotatable bonds is 9. The van der Waals surface area contributed by atoms with Gasteiger partial charge in [0.25, 0.3) is 0 Å². The van der Waals surface area contributed by atoms with Gasteiger partial charge in [-0.05, 0) is 13.3 Å². The van der Waals surface area contributed by atoms with Gasteiger partial charge in [-0.3, -0.25) is 9.89 Å². The van der Waals surface area contributed by atoms with Gasteiger partial charge in [-0.2, -0.15) is 0 Å². The molecule has 0 amide bonds. The highest BCUT2D eigenvalue weighted by Gasteiger charge is 2.08. The van der Waals surface area contributed by atoms with Crippen LogP contribution in [0.15, 0.2) is 17.1 Å². The molecule has 3 N–H and O–H groups in total. The van der Waals surface area contributed by atoms with E-state index in [0.717, 1.165) is 51.4 Å². The van der Waals surface area contributed by atoms with Gasteiger partial charge < -0.3 is 20.5 Å². The van der Waals surface area contributed by atoms with Crippen LogP contribution in [0.4, 0.5) is 0 Å². The van der Waals surface area contributed by atoms with Crippen LogP contribution in [-0.2, 0) is 9.47 Å². The van der Waals surface area contributed by atoms with Crippen LogP contribution in [-0.4, -0.2) is 70.0 Å². The molecule has 6 nitrogen and oxygen atoms in total. The van der Waals surface area contributed by atoms with Gasteiger partial charge in [0, 0.05) is 32.7 Å². The van der Waals surface area contributed by atoms with E-state index in [1.807, 2.05) is 6.92 Å². The Morgan fingerprint density at radius 1 is 1.45 bits per heavy atom. The molecule has 1 saturated heterocycles. The normalized spacial score (nSPS) is 17.1. The van der Waals surface area contributed by atoms with Gasteiger partial charge in [0.1, 0.15) is 0 Å². The van der Waals surface area contributed by atoms with Gasteiger partial charge in [0.2, 0.25) is 0 Å². The number of nitrogens with two attached hydrogens (primary N) is 1. The zero-order valence-electron chi connectivity index (χ0n) is 12.6. The van der Waals surface area contributed by atoms with E-state index in [1.165, 1.54) is 0 Å². The zero-order valence-corrected chi connectivity index (χ0v) is 12.6. The summed E-state index contributed by atoms with van der Waals surface area (Å²) in [6.07, 6.45) is 1.02. The molecule has 0 aromatic carbocycles. The SMILES string of the molecule is C=C(C)COCCNC(N)=NCCCN1CCOCC1. The summed E-state index contributed by atoms with van der Waals surface area (Å²) >= 11 is 0. The predicted octanol–water partition coefficient (Wildman–Crippen LogP) is 0.206. The van der Waals surface area contributed by atoms with Crippen molar-refractivity contribution in [3.63, 3.8) is 0 Å². The van der Waals surface area contributed by atoms with Gasteiger partial charge in [-0.25, -0.2) is 0 Å².